The number of aliphatic hydroxyl groups is 1. The second-order valence-electron chi connectivity index (χ2n) is 6.66. The van der Waals surface area contributed by atoms with Gasteiger partial charge in [-0.3, -0.25) is 4.21 Å². The number of fused-ring (bicyclic) bond motifs is 2. The fraction of sp³-hybridized carbons (Fsp3) is 0.625. The topological polar surface area (TPSA) is 37.3 Å². The summed E-state index contributed by atoms with van der Waals surface area (Å²) in [6.07, 6.45) is -1.57. The van der Waals surface area contributed by atoms with Crippen LogP contribution in [0.4, 0.5) is 17.6 Å². The minimum absolute atomic E-state index is 0.0436. The molecular formula is C16H18F4O2S. The van der Waals surface area contributed by atoms with Gasteiger partial charge in [0.2, 0.25) is 0 Å². The molecule has 2 atom stereocenters. The number of benzene rings is 1. The molecule has 0 aromatic heterocycles. The average Bonchev–Trinajstić information content (AvgIpc) is 2.39. The number of alkyl halides is 3. The Morgan fingerprint density at radius 2 is 1.78 bits per heavy atom. The van der Waals surface area contributed by atoms with Crippen LogP contribution in [0.25, 0.3) is 0 Å². The van der Waals surface area contributed by atoms with Gasteiger partial charge < -0.3 is 5.11 Å². The zero-order valence-electron chi connectivity index (χ0n) is 12.4. The number of halogens is 4. The Morgan fingerprint density at radius 3 is 2.35 bits per heavy atom. The van der Waals surface area contributed by atoms with Gasteiger partial charge in [0, 0.05) is 27.7 Å². The van der Waals surface area contributed by atoms with Crippen LogP contribution >= 0.6 is 0 Å². The maximum absolute atomic E-state index is 13.5. The third kappa shape index (κ3) is 3.60. The second-order valence-corrected chi connectivity index (χ2v) is 8.65. The van der Waals surface area contributed by atoms with Gasteiger partial charge in [0.15, 0.2) is 0 Å². The molecule has 2 bridgehead atoms. The summed E-state index contributed by atoms with van der Waals surface area (Å²) >= 11 is 0. The third-order valence-corrected chi connectivity index (χ3v) is 6.86. The predicted octanol–water partition coefficient (Wildman–Crippen LogP) is 3.58. The highest BCUT2D eigenvalue weighted by atomic mass is 32.2. The molecule has 2 aliphatic heterocycles. The summed E-state index contributed by atoms with van der Waals surface area (Å²) in [6, 6.07) is 2.38. The van der Waals surface area contributed by atoms with Crippen molar-refractivity contribution in [3.8, 4) is 0 Å². The minimum atomic E-state index is -4.62. The molecule has 23 heavy (non-hydrogen) atoms. The largest absolute Gasteiger partial charge is 0.416 e. The van der Waals surface area contributed by atoms with Crippen LogP contribution in [0.5, 0.6) is 0 Å². The Balaban J connectivity index is 1.84. The van der Waals surface area contributed by atoms with Gasteiger partial charge in [-0.1, -0.05) is 6.42 Å². The Labute approximate surface area is 134 Å². The van der Waals surface area contributed by atoms with Crippen molar-refractivity contribution in [3.05, 3.63) is 35.1 Å². The summed E-state index contributed by atoms with van der Waals surface area (Å²) in [7, 11) is -0.977. The van der Waals surface area contributed by atoms with Gasteiger partial charge in [0.25, 0.3) is 0 Å². The molecule has 0 radical (unpaired) electrons. The first-order chi connectivity index (χ1) is 10.7. The Hall–Kier alpha value is -0.950. The van der Waals surface area contributed by atoms with Crippen molar-refractivity contribution < 1.29 is 26.9 Å². The average molecular weight is 350 g/mol. The van der Waals surface area contributed by atoms with E-state index in [2.05, 4.69) is 0 Å². The quantitative estimate of drug-likeness (QED) is 0.828. The van der Waals surface area contributed by atoms with Crippen LogP contribution in [0.1, 0.15) is 43.2 Å². The lowest BCUT2D eigenvalue weighted by molar-refractivity contribution is -0.137. The fourth-order valence-corrected chi connectivity index (χ4v) is 6.11. The van der Waals surface area contributed by atoms with Crippen molar-refractivity contribution in [2.75, 3.05) is 0 Å². The van der Waals surface area contributed by atoms with Crippen molar-refractivity contribution in [2.45, 2.75) is 60.8 Å². The van der Waals surface area contributed by atoms with Gasteiger partial charge in [-0.2, -0.15) is 13.2 Å². The van der Waals surface area contributed by atoms with E-state index in [1.54, 1.807) is 0 Å². The lowest BCUT2D eigenvalue weighted by Crippen LogP contribution is -2.50. The summed E-state index contributed by atoms with van der Waals surface area (Å²) in [5.41, 5.74) is -2.12. The molecule has 0 amide bonds. The Kier molecular flexibility index (Phi) is 4.29. The van der Waals surface area contributed by atoms with E-state index < -0.39 is 34.0 Å². The SMILES string of the molecule is O=S1C2CCCC1CC(O)(Cc1cc(F)cc(C(F)(F)F)c1)C2. The van der Waals surface area contributed by atoms with Gasteiger partial charge in [-0.05, 0) is 49.4 Å². The van der Waals surface area contributed by atoms with Crippen LogP contribution in [0, 0.1) is 5.82 Å². The van der Waals surface area contributed by atoms with E-state index in [-0.39, 0.29) is 22.5 Å². The van der Waals surface area contributed by atoms with Gasteiger partial charge >= 0.3 is 6.18 Å². The Morgan fingerprint density at radius 1 is 1.17 bits per heavy atom. The summed E-state index contributed by atoms with van der Waals surface area (Å²) in [4.78, 5) is 0. The van der Waals surface area contributed by atoms with Crippen molar-refractivity contribution in [1.82, 2.24) is 0 Å². The summed E-state index contributed by atoms with van der Waals surface area (Å²) in [6.45, 7) is 0. The first kappa shape index (κ1) is 16.9. The summed E-state index contributed by atoms with van der Waals surface area (Å²) < 4.78 is 64.1. The van der Waals surface area contributed by atoms with Crippen molar-refractivity contribution in [1.29, 1.82) is 0 Å². The molecule has 1 aromatic rings. The molecule has 2 saturated heterocycles. The van der Waals surface area contributed by atoms with E-state index in [9.17, 15) is 26.9 Å². The molecule has 2 unspecified atom stereocenters. The summed E-state index contributed by atoms with van der Waals surface area (Å²) in [5.74, 6) is -0.960. The van der Waals surface area contributed by atoms with Crippen LogP contribution in [0.3, 0.4) is 0 Å². The highest BCUT2D eigenvalue weighted by Gasteiger charge is 2.45. The maximum atomic E-state index is 13.5. The predicted molar refractivity (Wildman–Crippen MR) is 78.9 cm³/mol. The molecule has 1 N–H and O–H groups in total. The van der Waals surface area contributed by atoms with E-state index in [1.165, 1.54) is 0 Å². The fourth-order valence-electron chi connectivity index (χ4n) is 3.82. The van der Waals surface area contributed by atoms with Crippen LogP contribution < -0.4 is 0 Å². The third-order valence-electron chi connectivity index (χ3n) is 4.74. The van der Waals surface area contributed by atoms with Crippen LogP contribution in [-0.4, -0.2) is 25.4 Å². The molecule has 0 aliphatic carbocycles. The van der Waals surface area contributed by atoms with Gasteiger partial charge in [0.05, 0.1) is 11.2 Å². The summed E-state index contributed by atoms with van der Waals surface area (Å²) in [5, 5.41) is 10.6. The molecule has 0 saturated carbocycles. The highest BCUT2D eigenvalue weighted by molar-refractivity contribution is 7.86. The lowest BCUT2D eigenvalue weighted by atomic mass is 9.81. The van der Waals surface area contributed by atoms with Crippen molar-refractivity contribution in [3.63, 3.8) is 0 Å². The number of rotatable bonds is 2. The molecule has 0 spiro atoms. The second kappa shape index (κ2) is 5.84. The van der Waals surface area contributed by atoms with Crippen LogP contribution in [0.2, 0.25) is 0 Å². The number of hydrogen-bond donors (Lipinski definition) is 1. The molecule has 128 valence electrons. The van der Waals surface area contributed by atoms with Crippen LogP contribution in [0.15, 0.2) is 18.2 Å². The van der Waals surface area contributed by atoms with E-state index in [4.69, 9.17) is 0 Å². The maximum Gasteiger partial charge on any atom is 0.416 e. The standard InChI is InChI=1S/C16H18F4O2S/c17-12-5-10(4-11(6-12)16(18,19)20)7-15(21)8-13-2-1-3-14(9-15)23(13)22/h4-6,13-14,21H,1-3,7-9H2. The zero-order valence-corrected chi connectivity index (χ0v) is 13.2. The first-order valence-electron chi connectivity index (χ1n) is 7.65. The van der Waals surface area contributed by atoms with Crippen molar-refractivity contribution in [2.24, 2.45) is 0 Å². The van der Waals surface area contributed by atoms with E-state index >= 15 is 0 Å². The monoisotopic (exact) mass is 350 g/mol. The zero-order chi connectivity index (χ0) is 16.8. The van der Waals surface area contributed by atoms with E-state index in [0.29, 0.717) is 18.9 Å². The Bertz CT molecular complexity index is 613. The first-order valence-corrected chi connectivity index (χ1v) is 8.92. The molecular weight excluding hydrogens is 332 g/mol. The van der Waals surface area contributed by atoms with Gasteiger partial charge in [-0.25, -0.2) is 4.39 Å². The van der Waals surface area contributed by atoms with Crippen molar-refractivity contribution >= 4 is 10.8 Å². The molecule has 2 fully saturated rings. The normalized spacial score (nSPS) is 34.4. The smallest absolute Gasteiger partial charge is 0.389 e. The number of hydrogen-bond acceptors (Lipinski definition) is 2. The minimum Gasteiger partial charge on any atom is -0.389 e. The molecule has 2 nitrogen and oxygen atoms in total. The van der Waals surface area contributed by atoms with Gasteiger partial charge in [0.1, 0.15) is 5.82 Å². The highest BCUT2D eigenvalue weighted by Crippen LogP contribution is 2.41. The van der Waals surface area contributed by atoms with Crippen LogP contribution in [-0.2, 0) is 23.4 Å². The molecule has 1 aromatic carbocycles. The molecule has 3 rings (SSSR count). The lowest BCUT2D eigenvalue weighted by Gasteiger charge is -2.43. The molecule has 7 heteroatoms. The molecule has 2 heterocycles. The van der Waals surface area contributed by atoms with E-state index in [1.807, 2.05) is 0 Å². The molecule has 2 aliphatic rings. The van der Waals surface area contributed by atoms with Gasteiger partial charge in [-0.15, -0.1) is 0 Å². The van der Waals surface area contributed by atoms with E-state index in [0.717, 1.165) is 31.4 Å².